The fourth-order valence-electron chi connectivity index (χ4n) is 0.645. The molecular formula is C5H7N2O2S. The van der Waals surface area contributed by atoms with Crippen molar-refractivity contribution in [2.45, 2.75) is 6.04 Å². The average molecular weight is 159 g/mol. The molecule has 0 aliphatic carbocycles. The van der Waals surface area contributed by atoms with Crippen LogP contribution < -0.4 is 10.6 Å². The van der Waals surface area contributed by atoms with Crippen LogP contribution in [-0.4, -0.2) is 23.6 Å². The minimum atomic E-state index is -0.485. The molecule has 1 fully saturated rings. The number of carbonyl (C=O) groups is 2. The molecule has 1 heterocycles. The van der Waals surface area contributed by atoms with Gasteiger partial charge < -0.3 is 10.6 Å². The van der Waals surface area contributed by atoms with E-state index < -0.39 is 6.04 Å². The van der Waals surface area contributed by atoms with E-state index in [1.54, 1.807) is 0 Å². The van der Waals surface area contributed by atoms with Crippen molar-refractivity contribution >= 4 is 24.4 Å². The van der Waals surface area contributed by atoms with Crippen LogP contribution in [0.2, 0.25) is 0 Å². The molecule has 2 amide bonds. The predicted octanol–water partition coefficient (Wildman–Crippen LogP) is -1.31. The lowest BCUT2D eigenvalue weighted by Crippen LogP contribution is -2.54. The van der Waals surface area contributed by atoms with Crippen LogP contribution in [0.15, 0.2) is 0 Å². The number of amides is 2. The molecule has 0 saturated carbocycles. The highest BCUT2D eigenvalue weighted by Gasteiger charge is 2.24. The quantitative estimate of drug-likeness (QED) is 0.416. The van der Waals surface area contributed by atoms with Gasteiger partial charge in [-0.25, -0.2) is 0 Å². The van der Waals surface area contributed by atoms with Gasteiger partial charge in [-0.2, -0.15) is 12.6 Å². The summed E-state index contributed by atoms with van der Waals surface area (Å²) in [7, 11) is 0. The van der Waals surface area contributed by atoms with Gasteiger partial charge in [0.2, 0.25) is 11.8 Å². The lowest BCUT2D eigenvalue weighted by Gasteiger charge is -2.20. The molecule has 2 N–H and O–H groups in total. The number of carbonyl (C=O) groups excluding carboxylic acids is 2. The Morgan fingerprint density at radius 1 is 1.60 bits per heavy atom. The smallest absolute Gasteiger partial charge is 0.245 e. The number of piperazine rings is 1. The van der Waals surface area contributed by atoms with E-state index >= 15 is 0 Å². The maximum atomic E-state index is 10.8. The third kappa shape index (κ3) is 1.41. The standard InChI is InChI=1S/C5H7N2O2S/c8-4-1-6-5(9)3(2-10)7-4/h1,3,10H,2H2,(H,6,9)(H,7,8)/t3-/m0/s1. The van der Waals surface area contributed by atoms with E-state index in [-0.39, 0.29) is 11.8 Å². The Labute approximate surface area is 63.8 Å². The molecule has 0 bridgehead atoms. The zero-order chi connectivity index (χ0) is 7.56. The third-order valence-corrected chi connectivity index (χ3v) is 1.53. The molecule has 0 unspecified atom stereocenters. The number of rotatable bonds is 1. The molecule has 5 heteroatoms. The van der Waals surface area contributed by atoms with Crippen LogP contribution in [0.3, 0.4) is 0 Å². The molecule has 55 valence electrons. The summed E-state index contributed by atoms with van der Waals surface area (Å²) < 4.78 is 0. The van der Waals surface area contributed by atoms with E-state index in [9.17, 15) is 9.59 Å². The highest BCUT2D eigenvalue weighted by atomic mass is 32.1. The van der Waals surface area contributed by atoms with Crippen LogP contribution in [0.25, 0.3) is 0 Å². The van der Waals surface area contributed by atoms with Crippen molar-refractivity contribution < 1.29 is 9.59 Å². The van der Waals surface area contributed by atoms with Crippen molar-refractivity contribution in [1.82, 2.24) is 10.6 Å². The summed E-state index contributed by atoms with van der Waals surface area (Å²) in [4.78, 5) is 21.3. The molecule has 4 nitrogen and oxygen atoms in total. The minimum Gasteiger partial charge on any atom is -0.342 e. The van der Waals surface area contributed by atoms with E-state index in [2.05, 4.69) is 23.3 Å². The van der Waals surface area contributed by atoms with Gasteiger partial charge in [0.25, 0.3) is 0 Å². The Hall–Kier alpha value is -0.710. The van der Waals surface area contributed by atoms with Crippen LogP contribution in [0.5, 0.6) is 0 Å². The molecule has 1 saturated heterocycles. The Kier molecular flexibility index (Phi) is 2.16. The molecule has 1 radical (unpaired) electrons. The number of thiol groups is 1. The summed E-state index contributed by atoms with van der Waals surface area (Å²) in [6.45, 7) is 1.10. The monoisotopic (exact) mass is 159 g/mol. The zero-order valence-electron chi connectivity index (χ0n) is 5.13. The first-order valence-electron chi connectivity index (χ1n) is 2.79. The fourth-order valence-corrected chi connectivity index (χ4v) is 0.902. The van der Waals surface area contributed by atoms with Gasteiger partial charge in [-0.1, -0.05) is 0 Å². The second-order valence-electron chi connectivity index (χ2n) is 1.90. The second-order valence-corrected chi connectivity index (χ2v) is 2.26. The Morgan fingerprint density at radius 2 is 2.30 bits per heavy atom. The van der Waals surface area contributed by atoms with Crippen molar-refractivity contribution in [2.24, 2.45) is 0 Å². The molecule has 1 rings (SSSR count). The van der Waals surface area contributed by atoms with Gasteiger partial charge in [0.1, 0.15) is 12.6 Å². The molecule has 1 aliphatic heterocycles. The van der Waals surface area contributed by atoms with Crippen molar-refractivity contribution in [3.05, 3.63) is 6.54 Å². The Morgan fingerprint density at radius 3 is 2.80 bits per heavy atom. The van der Waals surface area contributed by atoms with Crippen LogP contribution >= 0.6 is 12.6 Å². The zero-order valence-corrected chi connectivity index (χ0v) is 6.02. The Bertz CT molecular complexity index is 171. The normalized spacial score (nSPS) is 25.5. The van der Waals surface area contributed by atoms with Gasteiger partial charge >= 0.3 is 0 Å². The van der Waals surface area contributed by atoms with E-state index in [1.165, 1.54) is 0 Å². The van der Waals surface area contributed by atoms with Gasteiger partial charge in [0.05, 0.1) is 0 Å². The maximum absolute atomic E-state index is 10.8. The van der Waals surface area contributed by atoms with E-state index in [4.69, 9.17) is 0 Å². The molecule has 0 spiro atoms. The summed E-state index contributed by atoms with van der Waals surface area (Å²) in [5, 5.41) is 4.74. The summed E-state index contributed by atoms with van der Waals surface area (Å²) >= 11 is 3.87. The molecule has 1 aliphatic rings. The van der Waals surface area contributed by atoms with Gasteiger partial charge in [0.15, 0.2) is 0 Å². The summed E-state index contributed by atoms with van der Waals surface area (Å²) in [5.41, 5.74) is 0. The van der Waals surface area contributed by atoms with Crippen molar-refractivity contribution in [1.29, 1.82) is 0 Å². The van der Waals surface area contributed by atoms with E-state index in [0.29, 0.717) is 5.75 Å². The second kappa shape index (κ2) is 2.92. The van der Waals surface area contributed by atoms with Gasteiger partial charge in [-0.3, -0.25) is 9.59 Å². The highest BCUT2D eigenvalue weighted by Crippen LogP contribution is 1.94. The molecule has 1 atom stereocenters. The summed E-state index contributed by atoms with van der Waals surface area (Å²) in [5.74, 6) is -0.168. The lowest BCUT2D eigenvalue weighted by atomic mass is 10.2. The van der Waals surface area contributed by atoms with Crippen LogP contribution in [0.4, 0.5) is 0 Å². The van der Waals surface area contributed by atoms with Crippen molar-refractivity contribution in [3.8, 4) is 0 Å². The maximum Gasteiger partial charge on any atom is 0.245 e. The van der Waals surface area contributed by atoms with Crippen molar-refractivity contribution in [2.75, 3.05) is 5.75 Å². The van der Waals surface area contributed by atoms with E-state index in [1.807, 2.05) is 0 Å². The number of hydrogen-bond donors (Lipinski definition) is 3. The first-order chi connectivity index (χ1) is 4.74. The number of hydrogen-bond acceptors (Lipinski definition) is 3. The minimum absolute atomic E-state index is 0.213. The molecule has 0 aromatic rings. The Balaban J connectivity index is 2.53. The third-order valence-electron chi connectivity index (χ3n) is 1.16. The largest absolute Gasteiger partial charge is 0.342 e. The van der Waals surface area contributed by atoms with Crippen LogP contribution in [0.1, 0.15) is 0 Å². The first-order valence-corrected chi connectivity index (χ1v) is 3.42. The van der Waals surface area contributed by atoms with E-state index in [0.717, 1.165) is 6.54 Å². The highest BCUT2D eigenvalue weighted by molar-refractivity contribution is 7.80. The summed E-state index contributed by atoms with van der Waals surface area (Å²) in [6, 6.07) is -0.485. The topological polar surface area (TPSA) is 58.2 Å². The predicted molar refractivity (Wildman–Crippen MR) is 38.2 cm³/mol. The lowest BCUT2D eigenvalue weighted by molar-refractivity contribution is -0.130. The average Bonchev–Trinajstić information content (AvgIpc) is 1.94. The molecular weight excluding hydrogens is 152 g/mol. The molecule has 0 aromatic heterocycles. The van der Waals surface area contributed by atoms with Gasteiger partial charge in [-0.15, -0.1) is 0 Å². The first kappa shape index (κ1) is 7.40. The van der Waals surface area contributed by atoms with Crippen molar-refractivity contribution in [3.63, 3.8) is 0 Å². The molecule has 0 aromatic carbocycles. The summed E-state index contributed by atoms with van der Waals surface area (Å²) in [6.07, 6.45) is 0. The fraction of sp³-hybridized carbons (Fsp3) is 0.400. The SMILES string of the molecule is O=C1[CH]NC(=O)[C@H](CS)N1. The van der Waals surface area contributed by atoms with Gasteiger partial charge in [-0.05, 0) is 0 Å². The van der Waals surface area contributed by atoms with Crippen LogP contribution in [-0.2, 0) is 9.59 Å². The number of nitrogens with one attached hydrogen (secondary N) is 2. The van der Waals surface area contributed by atoms with Crippen LogP contribution in [0, 0.1) is 6.54 Å². The molecule has 10 heavy (non-hydrogen) atoms. The van der Waals surface area contributed by atoms with Gasteiger partial charge in [0, 0.05) is 5.75 Å².